The Bertz CT molecular complexity index is 274. The van der Waals surface area contributed by atoms with Crippen molar-refractivity contribution in [3.63, 3.8) is 0 Å². The van der Waals surface area contributed by atoms with Gasteiger partial charge in [0, 0.05) is 24.9 Å². The molecule has 1 aromatic heterocycles. The molecule has 0 aromatic carbocycles. The van der Waals surface area contributed by atoms with E-state index in [4.69, 9.17) is 10.8 Å². The van der Waals surface area contributed by atoms with Crippen molar-refractivity contribution in [3.05, 3.63) is 18.7 Å². The van der Waals surface area contributed by atoms with Crippen molar-refractivity contribution in [1.82, 2.24) is 9.97 Å². The van der Waals surface area contributed by atoms with Gasteiger partial charge in [0.05, 0.1) is 12.3 Å². The van der Waals surface area contributed by atoms with Gasteiger partial charge in [-0.2, -0.15) is 0 Å². The number of carboxylic acids is 2. The number of carboxylic acid groups (broad SMARTS) is 2. The number of hydrogen-bond acceptors (Lipinski definition) is 5. The number of nitrogens with two attached hydrogens (primary N) is 1. The van der Waals surface area contributed by atoms with Gasteiger partial charge < -0.3 is 25.7 Å². The number of carbonyl (C=O) groups excluding carboxylic acids is 1. The van der Waals surface area contributed by atoms with Crippen molar-refractivity contribution in [2.45, 2.75) is 18.9 Å². The average Bonchev–Trinajstić information content (AvgIpc) is 2.71. The number of nitrogens with zero attached hydrogens (tertiary/aromatic N) is 1. The van der Waals surface area contributed by atoms with Gasteiger partial charge in [-0.3, -0.25) is 4.79 Å². The van der Waals surface area contributed by atoms with Crippen LogP contribution in [0.1, 0.15) is 12.8 Å². The van der Waals surface area contributed by atoms with E-state index >= 15 is 0 Å². The second kappa shape index (κ2) is 10.6. The zero-order chi connectivity index (χ0) is 11.7. The van der Waals surface area contributed by atoms with Crippen molar-refractivity contribution < 1.29 is 49.4 Å². The second-order valence-corrected chi connectivity index (χ2v) is 2.62. The van der Waals surface area contributed by atoms with Crippen molar-refractivity contribution in [2.24, 2.45) is 5.73 Å². The van der Waals surface area contributed by atoms with Crippen molar-refractivity contribution in [1.29, 1.82) is 0 Å². The van der Waals surface area contributed by atoms with Crippen LogP contribution in [0.25, 0.3) is 0 Å². The average molecular weight is 237 g/mol. The molecule has 0 fully saturated rings. The monoisotopic (exact) mass is 237 g/mol. The molecule has 1 aromatic rings. The van der Waals surface area contributed by atoms with E-state index in [0.29, 0.717) is 0 Å². The number of nitrogens with one attached hydrogen (secondary N) is 1. The van der Waals surface area contributed by atoms with Gasteiger partial charge in [0.25, 0.3) is 0 Å². The number of aliphatic carboxylic acids is 2. The topological polar surface area (TPSA) is 132 Å². The van der Waals surface area contributed by atoms with Gasteiger partial charge in [-0.1, -0.05) is 0 Å². The Labute approximate surface area is 114 Å². The number of imidazole rings is 1. The summed E-state index contributed by atoms with van der Waals surface area (Å²) in [4.78, 5) is 26.2. The molecule has 0 saturated carbocycles. The predicted octanol–water partition coefficient (Wildman–Crippen LogP) is -4.66. The van der Waals surface area contributed by atoms with Crippen LogP contribution < -0.4 is 40.4 Å². The molecular weight excluding hydrogens is 225 g/mol. The number of rotatable bonds is 4. The fourth-order valence-corrected chi connectivity index (χ4v) is 0.612. The number of aromatic amines is 1. The minimum atomic E-state index is -1.42. The third kappa shape index (κ3) is 11.2. The van der Waals surface area contributed by atoms with Gasteiger partial charge in [-0.05, 0) is 6.42 Å². The maximum absolute atomic E-state index is 9.88. The zero-order valence-corrected chi connectivity index (χ0v) is 10.9. The van der Waals surface area contributed by atoms with E-state index in [9.17, 15) is 14.7 Å². The Morgan fingerprint density at radius 2 is 2.19 bits per heavy atom. The van der Waals surface area contributed by atoms with Crippen LogP contribution in [0.5, 0.6) is 0 Å². The Kier molecular flexibility index (Phi) is 11.6. The zero-order valence-electron chi connectivity index (χ0n) is 8.92. The van der Waals surface area contributed by atoms with Crippen LogP contribution in [0.3, 0.4) is 0 Å². The van der Waals surface area contributed by atoms with Gasteiger partial charge in [0.15, 0.2) is 0 Å². The molecule has 1 unspecified atom stereocenters. The Hall–Kier alpha value is -0.890. The number of aromatic nitrogens is 2. The van der Waals surface area contributed by atoms with E-state index in [-0.39, 0.29) is 42.4 Å². The molecule has 1 atom stereocenters. The van der Waals surface area contributed by atoms with E-state index in [2.05, 4.69) is 9.97 Å². The Morgan fingerprint density at radius 1 is 1.56 bits per heavy atom. The van der Waals surface area contributed by atoms with Crippen LogP contribution in [0.15, 0.2) is 18.7 Å². The van der Waals surface area contributed by atoms with Crippen molar-refractivity contribution in [2.75, 3.05) is 0 Å². The summed E-state index contributed by atoms with van der Waals surface area (Å²) >= 11 is 0. The molecule has 0 radical (unpaired) electrons. The molecule has 8 heteroatoms. The minimum Gasteiger partial charge on any atom is -0.548 e. The van der Waals surface area contributed by atoms with E-state index in [0.717, 1.165) is 0 Å². The van der Waals surface area contributed by atoms with Gasteiger partial charge in [0.1, 0.15) is 0 Å². The summed E-state index contributed by atoms with van der Waals surface area (Å²) < 4.78 is 0. The Morgan fingerprint density at radius 3 is 2.44 bits per heavy atom. The number of H-pyrrole nitrogens is 1. The molecule has 0 amide bonds. The fourth-order valence-electron chi connectivity index (χ4n) is 0.612. The molecule has 0 spiro atoms. The number of hydrogen-bond donors (Lipinski definition) is 3. The predicted molar refractivity (Wildman–Crippen MR) is 48.4 cm³/mol. The molecule has 16 heavy (non-hydrogen) atoms. The van der Waals surface area contributed by atoms with Gasteiger partial charge in [0.2, 0.25) is 0 Å². The molecule has 0 aliphatic heterocycles. The Balaban J connectivity index is 0. The van der Waals surface area contributed by atoms with Crippen LogP contribution >= 0.6 is 0 Å². The molecule has 7 nitrogen and oxygen atoms in total. The van der Waals surface area contributed by atoms with Crippen molar-refractivity contribution in [3.8, 4) is 0 Å². The van der Waals surface area contributed by atoms with E-state index in [1.165, 1.54) is 0 Å². The summed E-state index contributed by atoms with van der Waals surface area (Å²) in [5, 5.41) is 18.0. The fraction of sp³-hybridized carbons (Fsp3) is 0.375. The van der Waals surface area contributed by atoms with Crippen LogP contribution in [-0.4, -0.2) is 33.1 Å². The van der Waals surface area contributed by atoms with Crippen LogP contribution in [0.4, 0.5) is 0 Å². The summed E-state index contributed by atoms with van der Waals surface area (Å²) in [5.41, 5.74) is 4.94. The van der Waals surface area contributed by atoms with Crippen LogP contribution in [-0.2, 0) is 9.59 Å². The first-order valence-electron chi connectivity index (χ1n) is 4.15. The molecule has 4 N–H and O–H groups in total. The summed E-state index contributed by atoms with van der Waals surface area (Å²) in [5.74, 6) is -2.47. The van der Waals surface area contributed by atoms with E-state index < -0.39 is 18.0 Å². The molecule has 1 heterocycles. The SMILES string of the molecule is NC(CCC(=O)O)C(=O)[O-].[Na+].c1c[nH]cn1. The summed E-state index contributed by atoms with van der Waals surface area (Å²) in [6.45, 7) is 0. The molecule has 84 valence electrons. The molecule has 0 bridgehead atoms. The van der Waals surface area contributed by atoms with E-state index in [1.807, 2.05) is 0 Å². The normalized spacial score (nSPS) is 10.3. The molecule has 1 rings (SSSR count). The largest absolute Gasteiger partial charge is 1.00 e. The van der Waals surface area contributed by atoms with Crippen LogP contribution in [0, 0.1) is 0 Å². The molecule has 0 aliphatic carbocycles. The van der Waals surface area contributed by atoms with Crippen LogP contribution in [0.2, 0.25) is 0 Å². The smallest absolute Gasteiger partial charge is 0.548 e. The maximum Gasteiger partial charge on any atom is 1.00 e. The number of carbonyl (C=O) groups is 2. The van der Waals surface area contributed by atoms with Gasteiger partial charge in [-0.15, -0.1) is 0 Å². The first-order valence-corrected chi connectivity index (χ1v) is 4.15. The first kappa shape index (κ1) is 17.5. The van der Waals surface area contributed by atoms with Crippen molar-refractivity contribution >= 4 is 11.9 Å². The summed E-state index contributed by atoms with van der Waals surface area (Å²) in [7, 11) is 0. The third-order valence-electron chi connectivity index (χ3n) is 1.38. The first-order chi connectivity index (χ1) is 7.04. The second-order valence-electron chi connectivity index (χ2n) is 2.62. The molecular formula is C8H12N3NaO4. The minimum absolute atomic E-state index is 0. The van der Waals surface area contributed by atoms with Gasteiger partial charge >= 0.3 is 35.5 Å². The van der Waals surface area contributed by atoms with E-state index in [1.54, 1.807) is 18.7 Å². The standard InChI is InChI=1S/C5H9NO4.C3H4N2.Na/c6-3(5(9)10)1-2-4(7)8;1-2-5-3-4-1;/h3H,1-2,6H2,(H,7,8)(H,9,10);1-3H,(H,4,5);/q;;+1/p-1. The quantitative estimate of drug-likeness (QED) is 0.451. The maximum atomic E-state index is 9.88. The molecule has 0 aliphatic rings. The summed E-state index contributed by atoms with van der Waals surface area (Å²) in [6, 6.07) is -1.17. The van der Waals surface area contributed by atoms with Gasteiger partial charge in [-0.25, -0.2) is 4.98 Å². The third-order valence-corrected chi connectivity index (χ3v) is 1.38. The summed E-state index contributed by atoms with van der Waals surface area (Å²) in [6.07, 6.45) is 4.76. The molecule has 0 saturated heterocycles.